The molecule has 5 rings (SSSR count). The smallest absolute Gasteiger partial charge is 0.261 e. The average Bonchev–Trinajstić information content (AvgIpc) is 3.44. The fourth-order valence-electron chi connectivity index (χ4n) is 4.81. The molecule has 3 aliphatic rings. The summed E-state index contributed by atoms with van der Waals surface area (Å²) >= 11 is 1.94. The van der Waals surface area contributed by atoms with Crippen molar-refractivity contribution in [3.63, 3.8) is 0 Å². The van der Waals surface area contributed by atoms with Gasteiger partial charge in [0.1, 0.15) is 0 Å². The molecule has 8 heteroatoms. The molecule has 0 saturated carbocycles. The summed E-state index contributed by atoms with van der Waals surface area (Å²) < 4.78 is 5.51. The summed E-state index contributed by atoms with van der Waals surface area (Å²) in [5.41, 5.74) is 2.26. The van der Waals surface area contributed by atoms with E-state index in [4.69, 9.17) is 4.74 Å². The van der Waals surface area contributed by atoms with Crippen molar-refractivity contribution in [1.82, 2.24) is 15.1 Å². The summed E-state index contributed by atoms with van der Waals surface area (Å²) in [7, 11) is 0. The molecule has 0 radical (unpaired) electrons. The van der Waals surface area contributed by atoms with E-state index in [1.165, 1.54) is 4.90 Å². The molecule has 0 spiro atoms. The minimum atomic E-state index is -0.278. The molecule has 0 aliphatic carbocycles. The molecule has 2 aromatic rings. The van der Waals surface area contributed by atoms with Crippen molar-refractivity contribution in [3.8, 4) is 0 Å². The first kappa shape index (κ1) is 22.1. The maximum atomic E-state index is 12.9. The lowest BCUT2D eigenvalue weighted by molar-refractivity contribution is -0.0129. The van der Waals surface area contributed by atoms with Crippen LogP contribution in [0.3, 0.4) is 0 Å². The molecule has 0 bridgehead atoms. The van der Waals surface area contributed by atoms with Gasteiger partial charge in [-0.1, -0.05) is 24.3 Å². The van der Waals surface area contributed by atoms with E-state index in [9.17, 15) is 14.4 Å². The van der Waals surface area contributed by atoms with E-state index in [0.29, 0.717) is 23.2 Å². The third-order valence-corrected chi connectivity index (χ3v) is 8.01. The number of ether oxygens (including phenoxy) is 1. The van der Waals surface area contributed by atoms with Crippen molar-refractivity contribution < 1.29 is 19.1 Å². The Bertz CT molecular complexity index is 1020. The Labute approximate surface area is 197 Å². The third kappa shape index (κ3) is 4.30. The monoisotopic (exact) mass is 465 g/mol. The second-order valence-electron chi connectivity index (χ2n) is 8.75. The van der Waals surface area contributed by atoms with E-state index in [-0.39, 0.29) is 29.8 Å². The van der Waals surface area contributed by atoms with Crippen molar-refractivity contribution in [2.45, 2.75) is 18.5 Å². The molecule has 3 amide bonds. The molecule has 2 fully saturated rings. The van der Waals surface area contributed by atoms with Gasteiger partial charge in [-0.2, -0.15) is 11.8 Å². The zero-order valence-electron chi connectivity index (χ0n) is 18.4. The summed E-state index contributed by atoms with van der Waals surface area (Å²) in [4.78, 5) is 41.8. The van der Waals surface area contributed by atoms with Crippen LogP contribution in [0.4, 0.5) is 0 Å². The van der Waals surface area contributed by atoms with E-state index >= 15 is 0 Å². The number of carbonyl (C=O) groups excluding carboxylic acids is 3. The Morgan fingerprint density at radius 3 is 2.27 bits per heavy atom. The number of hydrogen-bond acceptors (Lipinski definition) is 6. The van der Waals surface area contributed by atoms with Crippen molar-refractivity contribution in [1.29, 1.82) is 0 Å². The van der Waals surface area contributed by atoms with Crippen LogP contribution in [-0.2, 0) is 11.3 Å². The molecular weight excluding hydrogens is 438 g/mol. The molecule has 172 valence electrons. The molecule has 1 atom stereocenters. The van der Waals surface area contributed by atoms with Gasteiger partial charge in [0.25, 0.3) is 17.7 Å². The first-order chi connectivity index (χ1) is 16.1. The molecule has 3 aliphatic heterocycles. The van der Waals surface area contributed by atoms with Gasteiger partial charge in [-0.05, 0) is 42.0 Å². The molecule has 1 unspecified atom stereocenters. The maximum absolute atomic E-state index is 12.9. The van der Waals surface area contributed by atoms with Gasteiger partial charge in [0.05, 0.1) is 30.9 Å². The number of carbonyl (C=O) groups is 3. The van der Waals surface area contributed by atoms with Crippen molar-refractivity contribution in [2.75, 3.05) is 44.4 Å². The van der Waals surface area contributed by atoms with Gasteiger partial charge in [-0.25, -0.2) is 0 Å². The molecule has 7 nitrogen and oxygen atoms in total. The van der Waals surface area contributed by atoms with Crippen LogP contribution in [0.5, 0.6) is 0 Å². The highest BCUT2D eigenvalue weighted by Gasteiger charge is 2.41. The number of imide groups is 1. The first-order valence-corrected chi connectivity index (χ1v) is 12.5. The van der Waals surface area contributed by atoms with Crippen LogP contribution < -0.4 is 5.32 Å². The number of amides is 3. The Morgan fingerprint density at radius 1 is 1.00 bits per heavy atom. The van der Waals surface area contributed by atoms with E-state index in [1.54, 1.807) is 36.4 Å². The number of fused-ring (bicyclic) bond motifs is 1. The SMILES string of the molecule is O=C(NCC1(N2CCOCC2)CCSC1)c1ccc(CN2C(=O)c3ccccc3C2=O)cc1. The highest BCUT2D eigenvalue weighted by molar-refractivity contribution is 7.99. The third-order valence-electron chi connectivity index (χ3n) is 6.78. The van der Waals surface area contributed by atoms with Gasteiger partial charge in [0, 0.05) is 36.5 Å². The molecule has 1 N–H and O–H groups in total. The normalized spacial score (nSPS) is 23.1. The van der Waals surface area contributed by atoms with Gasteiger partial charge >= 0.3 is 0 Å². The second kappa shape index (κ2) is 9.29. The van der Waals surface area contributed by atoms with E-state index in [1.807, 2.05) is 23.9 Å². The van der Waals surface area contributed by atoms with E-state index < -0.39 is 0 Å². The quantitative estimate of drug-likeness (QED) is 0.661. The van der Waals surface area contributed by atoms with Crippen LogP contribution in [0.1, 0.15) is 43.1 Å². The molecule has 3 heterocycles. The van der Waals surface area contributed by atoms with Crippen LogP contribution >= 0.6 is 11.8 Å². The van der Waals surface area contributed by atoms with Gasteiger partial charge in [-0.15, -0.1) is 0 Å². The fraction of sp³-hybridized carbons (Fsp3) is 0.400. The van der Waals surface area contributed by atoms with Crippen LogP contribution in [0.2, 0.25) is 0 Å². The lowest BCUT2D eigenvalue weighted by Crippen LogP contribution is -2.59. The predicted molar refractivity (Wildman–Crippen MR) is 126 cm³/mol. The highest BCUT2D eigenvalue weighted by atomic mass is 32.2. The number of nitrogens with zero attached hydrogens (tertiary/aromatic N) is 2. The molecule has 0 aromatic heterocycles. The topological polar surface area (TPSA) is 79.0 Å². The first-order valence-electron chi connectivity index (χ1n) is 11.3. The van der Waals surface area contributed by atoms with Crippen LogP contribution in [-0.4, -0.2) is 77.4 Å². The predicted octanol–water partition coefficient (Wildman–Crippen LogP) is 2.42. The van der Waals surface area contributed by atoms with E-state index in [2.05, 4.69) is 10.2 Å². The summed E-state index contributed by atoms with van der Waals surface area (Å²) in [5, 5.41) is 3.14. The Morgan fingerprint density at radius 2 is 1.67 bits per heavy atom. The Kier molecular flexibility index (Phi) is 6.23. The largest absolute Gasteiger partial charge is 0.379 e. The maximum Gasteiger partial charge on any atom is 0.261 e. The summed E-state index contributed by atoms with van der Waals surface area (Å²) in [6.07, 6.45) is 1.07. The van der Waals surface area contributed by atoms with Gasteiger partial charge in [0.15, 0.2) is 0 Å². The standard InChI is InChI=1S/C25H27N3O4S/c29-22(26-16-25(9-14-33-17-25)27-10-12-32-13-11-27)19-7-5-18(6-8-19)15-28-23(30)20-3-1-2-4-21(20)24(28)31/h1-8H,9-17H2,(H,26,29). The Hall–Kier alpha value is -2.68. The minimum absolute atomic E-state index is 0.00444. The Balaban J connectivity index is 1.21. The molecule has 2 aromatic carbocycles. The minimum Gasteiger partial charge on any atom is -0.379 e. The summed E-state index contributed by atoms with van der Waals surface area (Å²) in [5.74, 6) is 1.47. The van der Waals surface area contributed by atoms with Crippen LogP contribution in [0, 0.1) is 0 Å². The van der Waals surface area contributed by atoms with E-state index in [0.717, 1.165) is 49.8 Å². The summed E-state index contributed by atoms with van der Waals surface area (Å²) in [6.45, 7) is 4.11. The van der Waals surface area contributed by atoms with Crippen LogP contribution in [0.15, 0.2) is 48.5 Å². The number of morpholine rings is 1. The van der Waals surface area contributed by atoms with Gasteiger partial charge in [-0.3, -0.25) is 24.2 Å². The van der Waals surface area contributed by atoms with Gasteiger partial charge in [0.2, 0.25) is 0 Å². The average molecular weight is 466 g/mol. The number of hydrogen-bond donors (Lipinski definition) is 1. The van der Waals surface area contributed by atoms with Crippen molar-refractivity contribution >= 4 is 29.5 Å². The molecular formula is C25H27N3O4S. The van der Waals surface area contributed by atoms with Gasteiger partial charge < -0.3 is 10.1 Å². The van der Waals surface area contributed by atoms with Crippen LogP contribution in [0.25, 0.3) is 0 Å². The lowest BCUT2D eigenvalue weighted by atomic mass is 9.95. The molecule has 2 saturated heterocycles. The zero-order chi connectivity index (χ0) is 22.8. The van der Waals surface area contributed by atoms with Crippen molar-refractivity contribution in [2.24, 2.45) is 0 Å². The number of rotatable bonds is 6. The zero-order valence-corrected chi connectivity index (χ0v) is 19.2. The molecule has 33 heavy (non-hydrogen) atoms. The highest BCUT2D eigenvalue weighted by Crippen LogP contribution is 2.33. The second-order valence-corrected chi connectivity index (χ2v) is 9.85. The lowest BCUT2D eigenvalue weighted by Gasteiger charge is -2.43. The summed E-state index contributed by atoms with van der Waals surface area (Å²) in [6, 6.07) is 14.0. The fourth-order valence-corrected chi connectivity index (χ4v) is 6.29. The van der Waals surface area contributed by atoms with Crippen molar-refractivity contribution in [3.05, 3.63) is 70.8 Å². The number of benzene rings is 2. The number of thioether (sulfide) groups is 1. The number of nitrogens with one attached hydrogen (secondary N) is 1.